The van der Waals surface area contributed by atoms with E-state index < -0.39 is 0 Å². The standard InChI is InChI=1S/C15H12N4O/c1-10-5-6-11-13(20)8-7-12(15(11)17-10)18-19-14-4-2-3-9-16-14/h2-9,20H,1H3. The van der Waals surface area contributed by atoms with E-state index in [4.69, 9.17) is 0 Å². The predicted molar refractivity (Wildman–Crippen MR) is 76.6 cm³/mol. The number of azo groups is 1. The van der Waals surface area contributed by atoms with E-state index >= 15 is 0 Å². The van der Waals surface area contributed by atoms with Crippen molar-refractivity contribution in [3.63, 3.8) is 0 Å². The average Bonchev–Trinajstić information content (AvgIpc) is 2.47. The van der Waals surface area contributed by atoms with Gasteiger partial charge in [0.1, 0.15) is 17.0 Å². The van der Waals surface area contributed by atoms with Gasteiger partial charge in [-0.1, -0.05) is 6.07 Å². The monoisotopic (exact) mass is 264 g/mol. The number of aryl methyl sites for hydroxylation is 1. The third kappa shape index (κ3) is 2.33. The molecule has 0 amide bonds. The Balaban J connectivity index is 2.10. The van der Waals surface area contributed by atoms with Gasteiger partial charge in [0.05, 0.1) is 0 Å². The van der Waals surface area contributed by atoms with Gasteiger partial charge in [-0.25, -0.2) is 4.98 Å². The lowest BCUT2D eigenvalue weighted by Gasteiger charge is -2.03. The van der Waals surface area contributed by atoms with Crippen LogP contribution in [-0.4, -0.2) is 15.1 Å². The zero-order valence-electron chi connectivity index (χ0n) is 10.9. The van der Waals surface area contributed by atoms with Crippen molar-refractivity contribution >= 4 is 22.4 Å². The maximum absolute atomic E-state index is 9.85. The second kappa shape index (κ2) is 5.05. The molecular formula is C15H12N4O. The Bertz CT molecular complexity index is 784. The lowest BCUT2D eigenvalue weighted by Crippen LogP contribution is -1.84. The van der Waals surface area contributed by atoms with Gasteiger partial charge in [0.25, 0.3) is 0 Å². The summed E-state index contributed by atoms with van der Waals surface area (Å²) >= 11 is 0. The van der Waals surface area contributed by atoms with E-state index in [1.54, 1.807) is 24.4 Å². The SMILES string of the molecule is Cc1ccc2c(O)ccc(N=Nc3ccccn3)c2n1. The molecule has 3 aromatic rings. The van der Waals surface area contributed by atoms with E-state index in [0.29, 0.717) is 22.4 Å². The van der Waals surface area contributed by atoms with Crippen LogP contribution in [0.5, 0.6) is 5.75 Å². The van der Waals surface area contributed by atoms with Crippen molar-refractivity contribution in [3.05, 3.63) is 54.4 Å². The first-order valence-electron chi connectivity index (χ1n) is 6.16. The molecule has 0 saturated heterocycles. The van der Waals surface area contributed by atoms with E-state index in [9.17, 15) is 5.11 Å². The minimum absolute atomic E-state index is 0.185. The summed E-state index contributed by atoms with van der Waals surface area (Å²) in [6, 6.07) is 12.4. The van der Waals surface area contributed by atoms with Crippen LogP contribution in [0.2, 0.25) is 0 Å². The molecule has 0 saturated carbocycles. The number of rotatable bonds is 2. The molecule has 0 fully saturated rings. The second-order valence-electron chi connectivity index (χ2n) is 4.34. The summed E-state index contributed by atoms with van der Waals surface area (Å²) in [4.78, 5) is 8.49. The van der Waals surface area contributed by atoms with Crippen molar-refractivity contribution in [2.24, 2.45) is 10.2 Å². The third-order valence-electron chi connectivity index (χ3n) is 2.86. The van der Waals surface area contributed by atoms with Crippen LogP contribution >= 0.6 is 0 Å². The number of benzene rings is 1. The molecule has 0 spiro atoms. The third-order valence-corrected chi connectivity index (χ3v) is 2.86. The number of phenolic OH excluding ortho intramolecular Hbond substituents is 1. The van der Waals surface area contributed by atoms with Gasteiger partial charge in [0.15, 0.2) is 5.82 Å². The molecule has 20 heavy (non-hydrogen) atoms. The number of pyridine rings is 2. The van der Waals surface area contributed by atoms with E-state index in [1.807, 2.05) is 31.2 Å². The molecule has 3 rings (SSSR count). The Morgan fingerprint density at radius 1 is 1.00 bits per heavy atom. The molecule has 0 atom stereocenters. The molecule has 98 valence electrons. The summed E-state index contributed by atoms with van der Waals surface area (Å²) < 4.78 is 0. The van der Waals surface area contributed by atoms with Crippen LogP contribution < -0.4 is 0 Å². The quantitative estimate of drug-likeness (QED) is 0.709. The maximum atomic E-state index is 9.85. The van der Waals surface area contributed by atoms with Gasteiger partial charge in [0, 0.05) is 17.3 Å². The van der Waals surface area contributed by atoms with Crippen LogP contribution in [-0.2, 0) is 0 Å². The van der Waals surface area contributed by atoms with Crippen LogP contribution in [0, 0.1) is 6.92 Å². The fraction of sp³-hybridized carbons (Fsp3) is 0.0667. The van der Waals surface area contributed by atoms with Gasteiger partial charge in [-0.3, -0.25) is 4.98 Å². The number of phenols is 1. The predicted octanol–water partition coefficient (Wildman–Crippen LogP) is 4.06. The summed E-state index contributed by atoms with van der Waals surface area (Å²) in [5, 5.41) is 18.8. The summed E-state index contributed by atoms with van der Waals surface area (Å²) in [5.41, 5.74) is 2.09. The Morgan fingerprint density at radius 2 is 1.90 bits per heavy atom. The van der Waals surface area contributed by atoms with Gasteiger partial charge < -0.3 is 5.11 Å². The van der Waals surface area contributed by atoms with Crippen molar-refractivity contribution in [2.75, 3.05) is 0 Å². The van der Waals surface area contributed by atoms with Crippen molar-refractivity contribution in [1.29, 1.82) is 0 Å². The number of hydrogen-bond donors (Lipinski definition) is 1. The molecule has 1 aromatic carbocycles. The highest BCUT2D eigenvalue weighted by Gasteiger charge is 2.06. The van der Waals surface area contributed by atoms with Crippen molar-refractivity contribution in [2.45, 2.75) is 6.92 Å². The van der Waals surface area contributed by atoms with Gasteiger partial charge in [-0.05, 0) is 43.3 Å². The Labute approximate surface area is 115 Å². The number of nitrogens with zero attached hydrogens (tertiary/aromatic N) is 4. The highest BCUT2D eigenvalue weighted by atomic mass is 16.3. The average molecular weight is 264 g/mol. The molecule has 0 aliphatic carbocycles. The molecule has 0 radical (unpaired) electrons. The van der Waals surface area contributed by atoms with E-state index in [-0.39, 0.29) is 5.75 Å². The lowest BCUT2D eigenvalue weighted by atomic mass is 10.1. The van der Waals surface area contributed by atoms with Gasteiger partial charge >= 0.3 is 0 Å². The molecule has 0 bridgehead atoms. The number of fused-ring (bicyclic) bond motifs is 1. The summed E-state index contributed by atoms with van der Waals surface area (Å²) in [5.74, 6) is 0.714. The topological polar surface area (TPSA) is 70.7 Å². The molecule has 0 unspecified atom stereocenters. The first-order valence-corrected chi connectivity index (χ1v) is 6.16. The lowest BCUT2D eigenvalue weighted by molar-refractivity contribution is 0.481. The fourth-order valence-electron chi connectivity index (χ4n) is 1.88. The summed E-state index contributed by atoms with van der Waals surface area (Å²) in [6.45, 7) is 1.89. The van der Waals surface area contributed by atoms with Crippen LogP contribution in [0.1, 0.15) is 5.69 Å². The molecule has 5 nitrogen and oxygen atoms in total. The van der Waals surface area contributed by atoms with Gasteiger partial charge in [-0.15, -0.1) is 10.2 Å². The van der Waals surface area contributed by atoms with Crippen LogP contribution in [0.15, 0.2) is 58.9 Å². The van der Waals surface area contributed by atoms with E-state index in [2.05, 4.69) is 20.2 Å². The minimum atomic E-state index is 0.185. The van der Waals surface area contributed by atoms with Gasteiger partial charge in [0.2, 0.25) is 0 Å². The smallest absolute Gasteiger partial charge is 0.174 e. The highest BCUT2D eigenvalue weighted by Crippen LogP contribution is 2.32. The fourth-order valence-corrected chi connectivity index (χ4v) is 1.88. The first kappa shape index (κ1) is 12.2. The molecule has 2 aromatic heterocycles. The Morgan fingerprint density at radius 3 is 2.70 bits per heavy atom. The summed E-state index contributed by atoms with van der Waals surface area (Å²) in [6.07, 6.45) is 1.66. The van der Waals surface area contributed by atoms with Gasteiger partial charge in [-0.2, -0.15) is 0 Å². The summed E-state index contributed by atoms with van der Waals surface area (Å²) in [7, 11) is 0. The van der Waals surface area contributed by atoms with Crippen LogP contribution in [0.25, 0.3) is 10.9 Å². The Hall–Kier alpha value is -2.82. The molecule has 5 heteroatoms. The molecule has 0 aliphatic rings. The van der Waals surface area contributed by atoms with E-state index in [0.717, 1.165) is 5.69 Å². The highest BCUT2D eigenvalue weighted by molar-refractivity contribution is 5.93. The van der Waals surface area contributed by atoms with Crippen molar-refractivity contribution < 1.29 is 5.11 Å². The van der Waals surface area contributed by atoms with Crippen molar-refractivity contribution in [1.82, 2.24) is 9.97 Å². The largest absolute Gasteiger partial charge is 0.507 e. The minimum Gasteiger partial charge on any atom is -0.507 e. The van der Waals surface area contributed by atoms with Crippen molar-refractivity contribution in [3.8, 4) is 5.75 Å². The zero-order chi connectivity index (χ0) is 13.9. The number of aromatic hydroxyl groups is 1. The molecule has 0 aliphatic heterocycles. The Kier molecular flexibility index (Phi) is 3.09. The number of aromatic nitrogens is 2. The molecule has 2 heterocycles. The molecular weight excluding hydrogens is 252 g/mol. The van der Waals surface area contributed by atoms with Crippen LogP contribution in [0.3, 0.4) is 0 Å². The molecule has 1 N–H and O–H groups in total. The first-order chi connectivity index (χ1) is 9.74. The van der Waals surface area contributed by atoms with Crippen LogP contribution in [0.4, 0.5) is 11.5 Å². The zero-order valence-corrected chi connectivity index (χ0v) is 10.9. The number of hydrogen-bond acceptors (Lipinski definition) is 5. The normalized spacial score (nSPS) is 11.2. The maximum Gasteiger partial charge on any atom is 0.174 e. The second-order valence-corrected chi connectivity index (χ2v) is 4.34. The van der Waals surface area contributed by atoms with E-state index in [1.165, 1.54) is 0 Å².